The van der Waals surface area contributed by atoms with Gasteiger partial charge in [0.05, 0.1) is 17.6 Å². The van der Waals surface area contributed by atoms with Crippen LogP contribution in [-0.4, -0.2) is 19.0 Å². The Balaban J connectivity index is 2.31. The molecule has 0 aliphatic carbocycles. The maximum Gasteiger partial charge on any atom is 0.222 e. The third-order valence-electron chi connectivity index (χ3n) is 3.05. The molecule has 4 nitrogen and oxygen atoms in total. The number of nitrogens with two attached hydrogens (primary N) is 1. The molecule has 1 unspecified atom stereocenters. The molecule has 1 saturated heterocycles. The minimum atomic E-state index is -0.795. The number of hydrogen-bond donors (Lipinski definition) is 1. The highest BCUT2D eigenvalue weighted by Crippen LogP contribution is 2.29. The summed E-state index contributed by atoms with van der Waals surface area (Å²) in [6.07, 6.45) is 0.480. The molecule has 1 aliphatic heterocycles. The first-order valence-electron chi connectivity index (χ1n) is 5.46. The summed E-state index contributed by atoms with van der Waals surface area (Å²) in [6, 6.07) is 3.65. The fourth-order valence-electron chi connectivity index (χ4n) is 2.13. The molecule has 1 aliphatic rings. The van der Waals surface area contributed by atoms with Gasteiger partial charge < -0.3 is 10.6 Å². The molecular formula is C12H11F2N3O. The van der Waals surface area contributed by atoms with Gasteiger partial charge >= 0.3 is 0 Å². The number of benzene rings is 1. The first-order chi connectivity index (χ1) is 8.52. The highest BCUT2D eigenvalue weighted by molar-refractivity contribution is 5.78. The van der Waals surface area contributed by atoms with Crippen LogP contribution in [0.5, 0.6) is 0 Å². The number of amides is 1. The van der Waals surface area contributed by atoms with Crippen molar-refractivity contribution in [3.63, 3.8) is 0 Å². The van der Waals surface area contributed by atoms with Crippen LogP contribution in [0.2, 0.25) is 0 Å². The van der Waals surface area contributed by atoms with E-state index in [4.69, 9.17) is 11.0 Å². The molecular weight excluding hydrogens is 240 g/mol. The Morgan fingerprint density at radius 2 is 2.06 bits per heavy atom. The fourth-order valence-corrected chi connectivity index (χ4v) is 2.13. The number of primary amides is 1. The summed E-state index contributed by atoms with van der Waals surface area (Å²) in [5.41, 5.74) is 4.90. The zero-order chi connectivity index (χ0) is 13.3. The predicted molar refractivity (Wildman–Crippen MR) is 60.6 cm³/mol. The van der Waals surface area contributed by atoms with E-state index >= 15 is 0 Å². The van der Waals surface area contributed by atoms with Crippen molar-refractivity contribution < 1.29 is 13.6 Å². The Labute approximate surface area is 103 Å². The van der Waals surface area contributed by atoms with Crippen molar-refractivity contribution in [3.8, 4) is 6.07 Å². The van der Waals surface area contributed by atoms with Crippen LogP contribution in [0.4, 0.5) is 14.5 Å². The van der Waals surface area contributed by atoms with Crippen LogP contribution in [0.1, 0.15) is 12.0 Å². The minimum Gasteiger partial charge on any atom is -0.369 e. The van der Waals surface area contributed by atoms with Gasteiger partial charge in [-0.1, -0.05) is 0 Å². The molecule has 1 aromatic rings. The van der Waals surface area contributed by atoms with Crippen molar-refractivity contribution in [2.24, 2.45) is 11.7 Å². The molecule has 94 valence electrons. The smallest absolute Gasteiger partial charge is 0.222 e. The standard InChI is InChI=1S/C12H11F2N3O/c13-9-3-7(5-15)4-10(14)11(9)17-2-1-8(6-17)12(16)18/h3-4,8H,1-2,6H2,(H2,16,18). The summed E-state index contributed by atoms with van der Waals surface area (Å²) in [6.45, 7) is 0.572. The third kappa shape index (κ3) is 2.12. The normalized spacial score (nSPS) is 18.7. The number of carbonyl (C=O) groups is 1. The summed E-state index contributed by atoms with van der Waals surface area (Å²) < 4.78 is 27.5. The number of nitriles is 1. The summed E-state index contributed by atoms with van der Waals surface area (Å²) in [5.74, 6) is -2.44. The molecule has 0 saturated carbocycles. The lowest BCUT2D eigenvalue weighted by atomic mass is 10.1. The summed E-state index contributed by atoms with van der Waals surface area (Å²) in [5, 5.41) is 8.60. The molecule has 0 aromatic heterocycles. The van der Waals surface area contributed by atoms with Crippen LogP contribution in [-0.2, 0) is 4.79 Å². The topological polar surface area (TPSA) is 70.1 Å². The van der Waals surface area contributed by atoms with Gasteiger partial charge in [-0.15, -0.1) is 0 Å². The van der Waals surface area contributed by atoms with Crippen molar-refractivity contribution in [1.82, 2.24) is 0 Å². The molecule has 1 aromatic carbocycles. The van der Waals surface area contributed by atoms with E-state index < -0.39 is 17.5 Å². The fraction of sp³-hybridized carbons (Fsp3) is 0.333. The lowest BCUT2D eigenvalue weighted by molar-refractivity contribution is -0.121. The summed E-state index contributed by atoms with van der Waals surface area (Å²) in [7, 11) is 0. The molecule has 2 rings (SSSR count). The van der Waals surface area contributed by atoms with Crippen LogP contribution in [0.15, 0.2) is 12.1 Å². The van der Waals surface area contributed by atoms with Crippen molar-refractivity contribution in [2.45, 2.75) is 6.42 Å². The van der Waals surface area contributed by atoms with E-state index in [9.17, 15) is 13.6 Å². The van der Waals surface area contributed by atoms with Gasteiger partial charge in [0.25, 0.3) is 0 Å². The van der Waals surface area contributed by atoms with Crippen LogP contribution in [0, 0.1) is 28.9 Å². The van der Waals surface area contributed by atoms with Crippen LogP contribution >= 0.6 is 0 Å². The van der Waals surface area contributed by atoms with E-state index in [1.165, 1.54) is 4.90 Å². The van der Waals surface area contributed by atoms with Crippen molar-refractivity contribution in [1.29, 1.82) is 5.26 Å². The van der Waals surface area contributed by atoms with Gasteiger partial charge in [-0.05, 0) is 18.6 Å². The Kier molecular flexibility index (Phi) is 3.15. The highest BCUT2D eigenvalue weighted by Gasteiger charge is 2.30. The van der Waals surface area contributed by atoms with E-state index in [1.54, 1.807) is 6.07 Å². The molecule has 1 amide bonds. The second-order valence-corrected chi connectivity index (χ2v) is 4.23. The lowest BCUT2D eigenvalue weighted by Crippen LogP contribution is -2.28. The first kappa shape index (κ1) is 12.3. The number of anilines is 1. The Morgan fingerprint density at radius 3 is 2.50 bits per heavy atom. The lowest BCUT2D eigenvalue weighted by Gasteiger charge is -2.19. The second-order valence-electron chi connectivity index (χ2n) is 4.23. The predicted octanol–water partition coefficient (Wildman–Crippen LogP) is 1.15. The summed E-state index contributed by atoms with van der Waals surface area (Å²) >= 11 is 0. The van der Waals surface area contributed by atoms with Gasteiger partial charge in [0.2, 0.25) is 5.91 Å². The molecule has 18 heavy (non-hydrogen) atoms. The first-order valence-corrected chi connectivity index (χ1v) is 5.46. The Bertz CT molecular complexity index is 516. The van der Waals surface area contributed by atoms with E-state index in [0.29, 0.717) is 13.0 Å². The van der Waals surface area contributed by atoms with E-state index in [2.05, 4.69) is 0 Å². The summed E-state index contributed by atoms with van der Waals surface area (Å²) in [4.78, 5) is 12.5. The maximum absolute atomic E-state index is 13.7. The van der Waals surface area contributed by atoms with Gasteiger partial charge in [-0.25, -0.2) is 8.78 Å². The van der Waals surface area contributed by atoms with E-state index in [0.717, 1.165) is 12.1 Å². The Morgan fingerprint density at radius 1 is 1.44 bits per heavy atom. The van der Waals surface area contributed by atoms with Crippen molar-refractivity contribution in [3.05, 3.63) is 29.3 Å². The number of rotatable bonds is 2. The molecule has 0 radical (unpaired) electrons. The van der Waals surface area contributed by atoms with E-state index in [-0.39, 0.29) is 23.7 Å². The van der Waals surface area contributed by atoms with Crippen LogP contribution in [0.25, 0.3) is 0 Å². The molecule has 1 heterocycles. The largest absolute Gasteiger partial charge is 0.369 e. The third-order valence-corrected chi connectivity index (χ3v) is 3.05. The van der Waals surface area contributed by atoms with Crippen LogP contribution in [0.3, 0.4) is 0 Å². The average molecular weight is 251 g/mol. The molecule has 2 N–H and O–H groups in total. The molecule has 0 spiro atoms. The van der Waals surface area contributed by atoms with Crippen molar-refractivity contribution >= 4 is 11.6 Å². The highest BCUT2D eigenvalue weighted by atomic mass is 19.1. The molecule has 1 fully saturated rings. The number of nitrogens with zero attached hydrogens (tertiary/aromatic N) is 2. The molecule has 1 atom stereocenters. The second kappa shape index (κ2) is 4.61. The van der Waals surface area contributed by atoms with Gasteiger partial charge in [0, 0.05) is 13.1 Å². The zero-order valence-electron chi connectivity index (χ0n) is 9.49. The Hall–Kier alpha value is -2.16. The van der Waals surface area contributed by atoms with Gasteiger partial charge in [-0.3, -0.25) is 4.79 Å². The number of carbonyl (C=O) groups excluding carboxylic acids is 1. The SMILES string of the molecule is N#Cc1cc(F)c(N2CCC(C(N)=O)C2)c(F)c1. The zero-order valence-corrected chi connectivity index (χ0v) is 9.49. The molecule has 0 bridgehead atoms. The average Bonchev–Trinajstić information content (AvgIpc) is 2.77. The minimum absolute atomic E-state index is 0.0700. The van der Waals surface area contributed by atoms with Crippen molar-refractivity contribution in [2.75, 3.05) is 18.0 Å². The quantitative estimate of drug-likeness (QED) is 0.857. The number of hydrogen-bond acceptors (Lipinski definition) is 3. The monoisotopic (exact) mass is 251 g/mol. The molecule has 6 heteroatoms. The van der Waals surface area contributed by atoms with Crippen LogP contribution < -0.4 is 10.6 Å². The van der Waals surface area contributed by atoms with Gasteiger partial charge in [0.15, 0.2) is 11.6 Å². The maximum atomic E-state index is 13.7. The number of halogens is 2. The van der Waals surface area contributed by atoms with Gasteiger partial charge in [-0.2, -0.15) is 5.26 Å². The van der Waals surface area contributed by atoms with Gasteiger partial charge in [0.1, 0.15) is 5.69 Å². The van der Waals surface area contributed by atoms with E-state index in [1.807, 2.05) is 0 Å².